The normalized spacial score (nSPS) is 19.4. The highest BCUT2D eigenvalue weighted by Gasteiger charge is 2.23. The zero-order valence-electron chi connectivity index (χ0n) is 10.9. The average molecular weight is 264 g/mol. The molecule has 3 N–H and O–H groups in total. The van der Waals surface area contributed by atoms with Crippen molar-refractivity contribution >= 4 is 11.6 Å². The first-order valence-electron chi connectivity index (χ1n) is 6.53. The Balaban J connectivity index is 1.82. The Labute approximate surface area is 113 Å². The number of nitrogens with zero attached hydrogens (tertiary/aromatic N) is 1. The summed E-state index contributed by atoms with van der Waals surface area (Å²) in [6.45, 7) is 1.55. The van der Waals surface area contributed by atoms with Crippen LogP contribution in [-0.4, -0.2) is 48.3 Å². The van der Waals surface area contributed by atoms with E-state index in [-0.39, 0.29) is 18.6 Å². The Morgan fingerprint density at radius 2 is 2.16 bits per heavy atom. The van der Waals surface area contributed by atoms with Gasteiger partial charge in [-0.05, 0) is 24.1 Å². The van der Waals surface area contributed by atoms with Gasteiger partial charge in [-0.1, -0.05) is 12.1 Å². The van der Waals surface area contributed by atoms with E-state index in [1.807, 2.05) is 24.3 Å². The molecule has 5 heteroatoms. The van der Waals surface area contributed by atoms with Gasteiger partial charge in [-0.2, -0.15) is 0 Å². The maximum atomic E-state index is 12.1. The van der Waals surface area contributed by atoms with E-state index in [0.29, 0.717) is 32.5 Å². The number of anilines is 1. The van der Waals surface area contributed by atoms with E-state index in [9.17, 15) is 4.79 Å². The Kier molecular flexibility index (Phi) is 4.76. The summed E-state index contributed by atoms with van der Waals surface area (Å²) in [4.78, 5) is 13.8. The standard InChI is InChI=1S/C14H20N2O3/c15-12-4-1-11(2-5-12)3-6-14(18)16-7-8-19-13(9-16)10-17/h1-2,4-5,13,17H,3,6-10,15H2. The first-order chi connectivity index (χ1) is 9.19. The van der Waals surface area contributed by atoms with Gasteiger partial charge in [0, 0.05) is 25.2 Å². The second kappa shape index (κ2) is 6.54. The van der Waals surface area contributed by atoms with Gasteiger partial charge < -0.3 is 20.5 Å². The molecular formula is C14H20N2O3. The minimum Gasteiger partial charge on any atom is -0.399 e. The molecule has 2 rings (SSSR count). The van der Waals surface area contributed by atoms with E-state index >= 15 is 0 Å². The number of amides is 1. The molecule has 0 spiro atoms. The molecule has 1 aliphatic rings. The van der Waals surface area contributed by atoms with Gasteiger partial charge in [-0.15, -0.1) is 0 Å². The van der Waals surface area contributed by atoms with Crippen molar-refractivity contribution in [2.24, 2.45) is 0 Å². The molecule has 1 saturated heterocycles. The lowest BCUT2D eigenvalue weighted by Gasteiger charge is -2.32. The SMILES string of the molecule is Nc1ccc(CCC(=O)N2CCOC(CO)C2)cc1. The molecule has 1 aliphatic heterocycles. The van der Waals surface area contributed by atoms with Crippen LogP contribution >= 0.6 is 0 Å². The van der Waals surface area contributed by atoms with Gasteiger partial charge >= 0.3 is 0 Å². The summed E-state index contributed by atoms with van der Waals surface area (Å²) in [7, 11) is 0. The number of hydrogen-bond donors (Lipinski definition) is 2. The zero-order chi connectivity index (χ0) is 13.7. The van der Waals surface area contributed by atoms with Gasteiger partial charge in [-0.25, -0.2) is 0 Å². The Morgan fingerprint density at radius 3 is 2.84 bits per heavy atom. The molecule has 0 saturated carbocycles. The summed E-state index contributed by atoms with van der Waals surface area (Å²) >= 11 is 0. The first kappa shape index (κ1) is 13.8. The van der Waals surface area contributed by atoms with Crippen LogP contribution in [0.25, 0.3) is 0 Å². The third kappa shape index (κ3) is 3.94. The van der Waals surface area contributed by atoms with E-state index in [1.54, 1.807) is 4.90 Å². The second-order valence-corrected chi connectivity index (χ2v) is 4.76. The van der Waals surface area contributed by atoms with Crippen molar-refractivity contribution in [2.45, 2.75) is 18.9 Å². The monoisotopic (exact) mass is 264 g/mol. The lowest BCUT2D eigenvalue weighted by Crippen LogP contribution is -2.46. The van der Waals surface area contributed by atoms with Gasteiger partial charge in [0.05, 0.1) is 19.3 Å². The minimum atomic E-state index is -0.241. The van der Waals surface area contributed by atoms with Crippen LogP contribution in [0.15, 0.2) is 24.3 Å². The van der Waals surface area contributed by atoms with E-state index in [1.165, 1.54) is 0 Å². The van der Waals surface area contributed by atoms with Gasteiger partial charge in [0.25, 0.3) is 0 Å². The summed E-state index contributed by atoms with van der Waals surface area (Å²) in [6, 6.07) is 7.57. The quantitative estimate of drug-likeness (QED) is 0.773. The fraction of sp³-hybridized carbons (Fsp3) is 0.500. The molecule has 0 bridgehead atoms. The van der Waals surface area contributed by atoms with Crippen molar-refractivity contribution in [2.75, 3.05) is 32.0 Å². The highest BCUT2D eigenvalue weighted by molar-refractivity contribution is 5.76. The fourth-order valence-corrected chi connectivity index (χ4v) is 2.15. The smallest absolute Gasteiger partial charge is 0.223 e. The average Bonchev–Trinajstić information content (AvgIpc) is 2.46. The molecule has 1 fully saturated rings. The van der Waals surface area contributed by atoms with Gasteiger partial charge in [0.1, 0.15) is 0 Å². The number of aliphatic hydroxyl groups excluding tert-OH is 1. The number of carbonyl (C=O) groups is 1. The second-order valence-electron chi connectivity index (χ2n) is 4.76. The maximum absolute atomic E-state index is 12.1. The molecule has 1 aromatic carbocycles. The number of rotatable bonds is 4. The Bertz CT molecular complexity index is 419. The van der Waals surface area contributed by atoms with E-state index < -0.39 is 0 Å². The number of morpholine rings is 1. The van der Waals surface area contributed by atoms with Crippen molar-refractivity contribution in [1.82, 2.24) is 4.90 Å². The van der Waals surface area contributed by atoms with Gasteiger partial charge in [-0.3, -0.25) is 4.79 Å². The topological polar surface area (TPSA) is 75.8 Å². The molecule has 0 aromatic heterocycles. The molecule has 1 amide bonds. The van der Waals surface area contributed by atoms with Crippen LogP contribution < -0.4 is 5.73 Å². The van der Waals surface area contributed by atoms with Crippen LogP contribution in [0.4, 0.5) is 5.69 Å². The third-order valence-corrected chi connectivity index (χ3v) is 3.30. The van der Waals surface area contributed by atoms with Crippen molar-refractivity contribution in [3.05, 3.63) is 29.8 Å². The van der Waals surface area contributed by atoms with Gasteiger partial charge in [0.15, 0.2) is 0 Å². The number of aryl methyl sites for hydroxylation is 1. The van der Waals surface area contributed by atoms with Crippen molar-refractivity contribution in [3.63, 3.8) is 0 Å². The van der Waals surface area contributed by atoms with E-state index in [4.69, 9.17) is 15.6 Å². The highest BCUT2D eigenvalue weighted by Crippen LogP contribution is 2.11. The summed E-state index contributed by atoms with van der Waals surface area (Å²) in [5.41, 5.74) is 7.45. The number of benzene rings is 1. The van der Waals surface area contributed by atoms with E-state index in [0.717, 1.165) is 11.3 Å². The fourth-order valence-electron chi connectivity index (χ4n) is 2.15. The Morgan fingerprint density at radius 1 is 1.42 bits per heavy atom. The molecule has 1 aromatic rings. The van der Waals surface area contributed by atoms with Crippen LogP contribution in [-0.2, 0) is 16.0 Å². The van der Waals surface area contributed by atoms with E-state index in [2.05, 4.69) is 0 Å². The largest absolute Gasteiger partial charge is 0.399 e. The molecule has 104 valence electrons. The number of nitrogen functional groups attached to an aromatic ring is 1. The predicted octanol–water partition coefficient (Wildman–Crippen LogP) is 0.421. The molecule has 0 radical (unpaired) electrons. The van der Waals surface area contributed by atoms with Crippen LogP contribution in [0.5, 0.6) is 0 Å². The molecule has 1 unspecified atom stereocenters. The molecule has 5 nitrogen and oxygen atoms in total. The number of aliphatic hydroxyl groups is 1. The molecule has 0 aliphatic carbocycles. The van der Waals surface area contributed by atoms with Gasteiger partial charge in [0.2, 0.25) is 5.91 Å². The molecule has 1 atom stereocenters. The maximum Gasteiger partial charge on any atom is 0.223 e. The first-order valence-corrected chi connectivity index (χ1v) is 6.53. The summed E-state index contributed by atoms with van der Waals surface area (Å²) < 4.78 is 5.33. The van der Waals surface area contributed by atoms with Crippen LogP contribution in [0.1, 0.15) is 12.0 Å². The summed E-state index contributed by atoms with van der Waals surface area (Å²) in [6.07, 6.45) is 0.941. The van der Waals surface area contributed by atoms with Crippen molar-refractivity contribution < 1.29 is 14.6 Å². The predicted molar refractivity (Wildman–Crippen MR) is 72.6 cm³/mol. The summed E-state index contributed by atoms with van der Waals surface area (Å²) in [5, 5.41) is 9.05. The van der Waals surface area contributed by atoms with Crippen LogP contribution in [0.3, 0.4) is 0 Å². The summed E-state index contributed by atoms with van der Waals surface area (Å²) in [5.74, 6) is 0.110. The van der Waals surface area contributed by atoms with Crippen LogP contribution in [0.2, 0.25) is 0 Å². The Hall–Kier alpha value is -1.59. The number of nitrogens with two attached hydrogens (primary N) is 1. The lowest BCUT2D eigenvalue weighted by molar-refractivity contribution is -0.140. The lowest BCUT2D eigenvalue weighted by atomic mass is 10.1. The van der Waals surface area contributed by atoms with Crippen LogP contribution in [0, 0.1) is 0 Å². The molecular weight excluding hydrogens is 244 g/mol. The molecule has 19 heavy (non-hydrogen) atoms. The van der Waals surface area contributed by atoms with Crippen molar-refractivity contribution in [3.8, 4) is 0 Å². The third-order valence-electron chi connectivity index (χ3n) is 3.30. The zero-order valence-corrected chi connectivity index (χ0v) is 10.9. The molecule has 1 heterocycles. The number of carbonyl (C=O) groups excluding carboxylic acids is 1. The number of ether oxygens (including phenoxy) is 1. The van der Waals surface area contributed by atoms with Crippen molar-refractivity contribution in [1.29, 1.82) is 0 Å². The minimum absolute atomic E-state index is 0.0399. The number of hydrogen-bond acceptors (Lipinski definition) is 4. The highest BCUT2D eigenvalue weighted by atomic mass is 16.5.